The van der Waals surface area contributed by atoms with Crippen LogP contribution >= 0.6 is 0 Å². The molecule has 0 bridgehead atoms. The van der Waals surface area contributed by atoms with Crippen molar-refractivity contribution in [3.63, 3.8) is 0 Å². The highest BCUT2D eigenvalue weighted by Gasteiger charge is 2.31. The summed E-state index contributed by atoms with van der Waals surface area (Å²) in [5, 5.41) is 0. The van der Waals surface area contributed by atoms with Gasteiger partial charge in [-0.15, -0.1) is 0 Å². The van der Waals surface area contributed by atoms with Gasteiger partial charge in [0.25, 0.3) is 5.91 Å². The van der Waals surface area contributed by atoms with E-state index in [1.165, 1.54) is 29.6 Å². The van der Waals surface area contributed by atoms with E-state index in [0.717, 1.165) is 12.1 Å². The molecule has 8 nitrogen and oxygen atoms in total. The second-order valence-corrected chi connectivity index (χ2v) is 8.52. The molecule has 4 rings (SSSR count). The summed E-state index contributed by atoms with van der Waals surface area (Å²) >= 11 is 0. The van der Waals surface area contributed by atoms with Gasteiger partial charge in [-0.3, -0.25) is 14.6 Å². The molecule has 1 aliphatic rings. The van der Waals surface area contributed by atoms with Crippen LogP contribution in [0.4, 0.5) is 18.9 Å². The summed E-state index contributed by atoms with van der Waals surface area (Å²) in [6.45, 7) is 3.70. The number of benzene rings is 1. The number of nitrogens with zero attached hydrogens (tertiary/aromatic N) is 5. The van der Waals surface area contributed by atoms with E-state index in [9.17, 15) is 22.8 Å². The van der Waals surface area contributed by atoms with Crippen LogP contribution in [0.3, 0.4) is 0 Å². The summed E-state index contributed by atoms with van der Waals surface area (Å²) in [4.78, 5) is 39.2. The predicted molar refractivity (Wildman–Crippen MR) is 125 cm³/mol. The maximum Gasteiger partial charge on any atom is 0.416 e. The van der Waals surface area contributed by atoms with Gasteiger partial charge in [-0.1, -0.05) is 6.07 Å². The van der Waals surface area contributed by atoms with E-state index < -0.39 is 11.7 Å². The number of halogens is 3. The first kappa shape index (κ1) is 25.2. The van der Waals surface area contributed by atoms with Crippen LogP contribution in [0.25, 0.3) is 0 Å². The maximum atomic E-state index is 13.0. The summed E-state index contributed by atoms with van der Waals surface area (Å²) in [7, 11) is 0. The minimum Gasteiger partial charge on any atom is -0.467 e. The molecule has 0 spiro atoms. The molecule has 0 unspecified atom stereocenters. The largest absolute Gasteiger partial charge is 0.467 e. The van der Waals surface area contributed by atoms with Crippen LogP contribution in [-0.4, -0.2) is 64.3 Å². The molecular formula is C25H26F3N5O3. The molecule has 1 saturated heterocycles. The monoisotopic (exact) mass is 501 g/mol. The van der Waals surface area contributed by atoms with Gasteiger partial charge in [-0.2, -0.15) is 13.2 Å². The smallest absolute Gasteiger partial charge is 0.416 e. The van der Waals surface area contributed by atoms with Gasteiger partial charge in [0.2, 0.25) is 5.91 Å². The number of carbonyl (C=O) groups is 2. The van der Waals surface area contributed by atoms with E-state index in [4.69, 9.17) is 4.42 Å². The Balaban J connectivity index is 1.35. The molecule has 0 aliphatic carbocycles. The zero-order valence-corrected chi connectivity index (χ0v) is 19.7. The first-order valence-corrected chi connectivity index (χ1v) is 11.5. The molecular weight excluding hydrogens is 475 g/mol. The van der Waals surface area contributed by atoms with E-state index >= 15 is 0 Å². The Bertz CT molecular complexity index is 1170. The maximum absolute atomic E-state index is 13.0. The van der Waals surface area contributed by atoms with Crippen LogP contribution in [0.5, 0.6) is 0 Å². The average molecular weight is 502 g/mol. The molecule has 0 atom stereocenters. The van der Waals surface area contributed by atoms with Gasteiger partial charge in [-0.05, 0) is 37.3 Å². The number of anilines is 1. The predicted octanol–water partition coefficient (Wildman–Crippen LogP) is 3.78. The Kier molecular flexibility index (Phi) is 7.56. The lowest BCUT2D eigenvalue weighted by atomic mass is 10.1. The van der Waals surface area contributed by atoms with Crippen LogP contribution in [0.15, 0.2) is 59.5 Å². The number of carbonyl (C=O) groups excluding carboxylic acids is 2. The number of piperazine rings is 1. The second-order valence-electron chi connectivity index (χ2n) is 8.52. The summed E-state index contributed by atoms with van der Waals surface area (Å²) in [5.74, 6) is 0.0811. The lowest BCUT2D eigenvalue weighted by Crippen LogP contribution is -2.49. The fourth-order valence-electron chi connectivity index (χ4n) is 3.99. The van der Waals surface area contributed by atoms with Crippen LogP contribution in [0.2, 0.25) is 0 Å². The van der Waals surface area contributed by atoms with E-state index in [2.05, 4.69) is 9.97 Å². The van der Waals surface area contributed by atoms with Crippen molar-refractivity contribution < 1.29 is 27.2 Å². The van der Waals surface area contributed by atoms with Crippen molar-refractivity contribution in [3.05, 3.63) is 77.8 Å². The van der Waals surface area contributed by atoms with E-state index in [1.807, 2.05) is 4.90 Å². The fourth-order valence-corrected chi connectivity index (χ4v) is 3.99. The van der Waals surface area contributed by atoms with Crippen LogP contribution < -0.4 is 4.90 Å². The number of amides is 2. The molecule has 3 heterocycles. The van der Waals surface area contributed by atoms with E-state index in [-0.39, 0.29) is 37.0 Å². The molecule has 11 heteroatoms. The Labute approximate surface area is 206 Å². The Morgan fingerprint density at radius 1 is 1.06 bits per heavy atom. The second kappa shape index (κ2) is 10.8. The molecule has 0 radical (unpaired) electrons. The first-order valence-electron chi connectivity index (χ1n) is 11.5. The number of rotatable bonds is 7. The Morgan fingerprint density at radius 3 is 2.47 bits per heavy atom. The molecule has 2 aromatic heterocycles. The topological polar surface area (TPSA) is 82.8 Å². The Morgan fingerprint density at radius 2 is 1.83 bits per heavy atom. The van der Waals surface area contributed by atoms with Crippen molar-refractivity contribution in [2.24, 2.45) is 0 Å². The molecule has 36 heavy (non-hydrogen) atoms. The van der Waals surface area contributed by atoms with Crippen molar-refractivity contribution in [1.29, 1.82) is 0 Å². The van der Waals surface area contributed by atoms with Gasteiger partial charge >= 0.3 is 6.18 Å². The minimum absolute atomic E-state index is 0.0926. The van der Waals surface area contributed by atoms with Crippen molar-refractivity contribution in [2.45, 2.75) is 26.1 Å². The zero-order valence-electron chi connectivity index (χ0n) is 19.7. The third-order valence-electron chi connectivity index (χ3n) is 5.98. The highest BCUT2D eigenvalue weighted by atomic mass is 19.4. The normalized spacial score (nSPS) is 14.1. The quantitative estimate of drug-likeness (QED) is 0.490. The summed E-state index contributed by atoms with van der Waals surface area (Å²) < 4.78 is 44.5. The van der Waals surface area contributed by atoms with Crippen molar-refractivity contribution in [1.82, 2.24) is 19.8 Å². The van der Waals surface area contributed by atoms with Gasteiger partial charge in [0.15, 0.2) is 0 Å². The van der Waals surface area contributed by atoms with Crippen molar-refractivity contribution >= 4 is 17.5 Å². The summed E-state index contributed by atoms with van der Waals surface area (Å²) in [6.07, 6.45) is 0.111. The minimum atomic E-state index is -4.41. The van der Waals surface area contributed by atoms with Gasteiger partial charge in [0, 0.05) is 51.0 Å². The highest BCUT2D eigenvalue weighted by Crippen LogP contribution is 2.31. The standard InChI is InChI=1S/C25H26F3N5O3/c1-18-15-30-22(16-29-18)24(35)33(17-21-6-3-13-36-21)8-7-23(34)32-11-9-31(10-12-32)20-5-2-4-19(14-20)25(26,27)28/h2-6,13-16H,7-12,17H2,1H3. The average Bonchev–Trinajstić information content (AvgIpc) is 3.39. The first-order chi connectivity index (χ1) is 17.2. The SMILES string of the molecule is Cc1cnc(C(=O)N(CCC(=O)N2CCN(c3cccc(C(F)(F)F)c3)CC2)Cc2ccco2)cn1. The number of alkyl halides is 3. The molecule has 1 aliphatic heterocycles. The molecule has 0 saturated carbocycles. The number of hydrogen-bond acceptors (Lipinski definition) is 6. The molecule has 0 N–H and O–H groups in total. The van der Waals surface area contributed by atoms with E-state index in [0.29, 0.717) is 43.3 Å². The fraction of sp³-hybridized carbons (Fsp3) is 0.360. The van der Waals surface area contributed by atoms with E-state index in [1.54, 1.807) is 30.0 Å². The lowest BCUT2D eigenvalue weighted by Gasteiger charge is -2.36. The van der Waals surface area contributed by atoms with Crippen molar-refractivity contribution in [2.75, 3.05) is 37.6 Å². The lowest BCUT2D eigenvalue weighted by molar-refractivity contribution is -0.137. The van der Waals surface area contributed by atoms with Gasteiger partial charge in [0.05, 0.1) is 30.3 Å². The summed E-state index contributed by atoms with van der Waals surface area (Å²) in [5.41, 5.74) is 0.641. The highest BCUT2D eigenvalue weighted by molar-refractivity contribution is 5.92. The van der Waals surface area contributed by atoms with Crippen LogP contribution in [0, 0.1) is 6.92 Å². The zero-order chi connectivity index (χ0) is 25.7. The number of hydrogen-bond donors (Lipinski definition) is 0. The number of aryl methyl sites for hydroxylation is 1. The molecule has 1 fully saturated rings. The van der Waals surface area contributed by atoms with Crippen LogP contribution in [-0.2, 0) is 17.5 Å². The van der Waals surface area contributed by atoms with Crippen LogP contribution in [0.1, 0.15) is 33.9 Å². The molecule has 190 valence electrons. The molecule has 3 aromatic rings. The summed E-state index contributed by atoms with van der Waals surface area (Å²) in [6, 6.07) is 8.66. The van der Waals surface area contributed by atoms with Crippen molar-refractivity contribution in [3.8, 4) is 0 Å². The molecule has 2 amide bonds. The molecule has 1 aromatic carbocycles. The Hall–Kier alpha value is -3.89. The van der Waals surface area contributed by atoms with Gasteiger partial charge in [-0.25, -0.2) is 4.98 Å². The number of furan rings is 1. The number of aromatic nitrogens is 2. The van der Waals surface area contributed by atoms with Gasteiger partial charge in [0.1, 0.15) is 11.5 Å². The third kappa shape index (κ3) is 6.21. The third-order valence-corrected chi connectivity index (χ3v) is 5.98. The van der Waals surface area contributed by atoms with Gasteiger partial charge < -0.3 is 19.1 Å².